The Morgan fingerprint density at radius 2 is 1.43 bits per heavy atom. The summed E-state index contributed by atoms with van der Waals surface area (Å²) < 4.78 is 37.4. The molecule has 10 nitrogen and oxygen atoms in total. The molecule has 3 atom stereocenters. The number of carbonyl (C=O) groups is 1. The summed E-state index contributed by atoms with van der Waals surface area (Å²) in [5.74, 6) is 0.760. The highest BCUT2D eigenvalue weighted by Gasteiger charge is 2.45. The number of urea groups is 1. The van der Waals surface area contributed by atoms with Gasteiger partial charge in [-0.05, 0) is 38.0 Å². The van der Waals surface area contributed by atoms with Crippen LogP contribution in [0.1, 0.15) is 32.1 Å². The number of epoxide rings is 1. The van der Waals surface area contributed by atoms with Crippen molar-refractivity contribution in [2.24, 2.45) is 11.7 Å². The van der Waals surface area contributed by atoms with Gasteiger partial charge in [0, 0.05) is 61.3 Å². The van der Waals surface area contributed by atoms with Crippen molar-refractivity contribution in [3.8, 4) is 0 Å². The number of rotatable bonds is 13. The number of hydrogen-bond acceptors (Lipinski definition) is 8. The van der Waals surface area contributed by atoms with Gasteiger partial charge in [-0.2, -0.15) is 0 Å². The summed E-state index contributed by atoms with van der Waals surface area (Å²) in [7, 11) is 4.88. The Bertz CT molecular complexity index is 478. The molecule has 1 heterocycles. The summed E-state index contributed by atoms with van der Waals surface area (Å²) in [5.41, 5.74) is 4.91. The van der Waals surface area contributed by atoms with Gasteiger partial charge in [-0.25, -0.2) is 4.79 Å². The Kier molecular flexibility index (Phi) is 12.6. The van der Waals surface area contributed by atoms with Crippen LogP contribution in [0.2, 0.25) is 12.1 Å². The largest absolute Gasteiger partial charge is 0.500 e. The van der Waals surface area contributed by atoms with Gasteiger partial charge in [0.05, 0.1) is 12.2 Å². The van der Waals surface area contributed by atoms with Crippen molar-refractivity contribution >= 4 is 23.6 Å². The van der Waals surface area contributed by atoms with E-state index in [-0.39, 0.29) is 0 Å². The van der Waals surface area contributed by atoms with Crippen molar-refractivity contribution in [1.29, 1.82) is 0 Å². The molecule has 2 amide bonds. The van der Waals surface area contributed by atoms with E-state index in [1.54, 1.807) is 42.7 Å². The summed E-state index contributed by atoms with van der Waals surface area (Å²) in [6.07, 6.45) is 6.72. The lowest BCUT2D eigenvalue weighted by atomic mass is 9.88. The second-order valence-corrected chi connectivity index (χ2v) is 13.6. The average Bonchev–Trinajstić information content (AvgIpc) is 3.55. The molecule has 12 heteroatoms. The predicted molar refractivity (Wildman–Crippen MR) is 116 cm³/mol. The molecule has 0 radical (unpaired) electrons. The van der Waals surface area contributed by atoms with E-state index in [2.05, 4.69) is 5.32 Å². The molecule has 1 aliphatic carbocycles. The van der Waals surface area contributed by atoms with Crippen molar-refractivity contribution in [3.05, 3.63) is 0 Å². The normalized spacial score (nSPS) is 23.2. The molecule has 30 heavy (non-hydrogen) atoms. The number of ether oxygens (including phenoxy) is 1. The predicted octanol–water partition coefficient (Wildman–Crippen LogP) is 1.75. The zero-order chi connectivity index (χ0) is 22.6. The van der Waals surface area contributed by atoms with Crippen LogP contribution in [0.15, 0.2) is 0 Å². The lowest BCUT2D eigenvalue weighted by molar-refractivity contribution is 0.120. The highest BCUT2D eigenvalue weighted by molar-refractivity contribution is 6.60. The van der Waals surface area contributed by atoms with E-state index in [1.807, 2.05) is 0 Å². The highest BCUT2D eigenvalue weighted by Crippen LogP contribution is 2.41. The first-order valence-electron chi connectivity index (χ1n) is 10.3. The van der Waals surface area contributed by atoms with E-state index in [0.29, 0.717) is 31.2 Å². The monoisotopic (exact) mass is 468 g/mol. The van der Waals surface area contributed by atoms with Gasteiger partial charge in [0.25, 0.3) is 0 Å². The van der Waals surface area contributed by atoms with Crippen LogP contribution in [-0.2, 0) is 31.3 Å². The third kappa shape index (κ3) is 8.88. The Balaban J connectivity index is 0.000000304. The van der Waals surface area contributed by atoms with Crippen LogP contribution in [0.4, 0.5) is 4.79 Å². The number of fused-ring (bicyclic) bond motifs is 1. The fourth-order valence-electron chi connectivity index (χ4n) is 3.76. The minimum absolute atomic E-state index is 0.500. The molecule has 1 aliphatic heterocycles. The first-order chi connectivity index (χ1) is 14.3. The zero-order valence-corrected chi connectivity index (χ0v) is 21.2. The Hall–Kier alpha value is -0.576. The second-order valence-electron chi connectivity index (χ2n) is 7.42. The summed E-state index contributed by atoms with van der Waals surface area (Å²) in [4.78, 5) is 10.4. The van der Waals surface area contributed by atoms with E-state index < -0.39 is 23.6 Å². The molecular formula is C18H40N2O8Si2. The Labute approximate surface area is 182 Å². The smallest absolute Gasteiger partial charge is 0.377 e. The maximum absolute atomic E-state index is 10.4. The zero-order valence-electron chi connectivity index (χ0n) is 19.2. The minimum atomic E-state index is -2.48. The molecule has 1 saturated carbocycles. The fourth-order valence-corrected chi connectivity index (χ4v) is 7.36. The van der Waals surface area contributed by atoms with Gasteiger partial charge < -0.3 is 42.3 Å². The van der Waals surface area contributed by atoms with Gasteiger partial charge in [-0.15, -0.1) is 0 Å². The molecule has 2 fully saturated rings. The molecule has 2 aliphatic rings. The van der Waals surface area contributed by atoms with Crippen molar-refractivity contribution in [2.45, 2.75) is 56.4 Å². The summed E-state index contributed by atoms with van der Waals surface area (Å²) >= 11 is 0. The van der Waals surface area contributed by atoms with Crippen molar-refractivity contribution in [1.82, 2.24) is 5.32 Å². The van der Waals surface area contributed by atoms with E-state index in [9.17, 15) is 4.79 Å². The maximum atomic E-state index is 10.4. The number of nitrogens with one attached hydrogen (secondary N) is 1. The van der Waals surface area contributed by atoms with Crippen molar-refractivity contribution in [2.75, 3.05) is 49.2 Å². The van der Waals surface area contributed by atoms with E-state index in [0.717, 1.165) is 18.4 Å². The molecule has 2 rings (SSSR count). The van der Waals surface area contributed by atoms with Crippen LogP contribution in [0.3, 0.4) is 0 Å². The van der Waals surface area contributed by atoms with Crippen LogP contribution < -0.4 is 11.1 Å². The maximum Gasteiger partial charge on any atom is 0.500 e. The Morgan fingerprint density at radius 1 is 0.900 bits per heavy atom. The van der Waals surface area contributed by atoms with Gasteiger partial charge in [0.1, 0.15) is 0 Å². The first-order valence-corrected chi connectivity index (χ1v) is 14.2. The Morgan fingerprint density at radius 3 is 1.90 bits per heavy atom. The average molecular weight is 469 g/mol. The molecule has 3 N–H and O–H groups in total. The van der Waals surface area contributed by atoms with E-state index in [1.165, 1.54) is 19.3 Å². The van der Waals surface area contributed by atoms with Gasteiger partial charge >= 0.3 is 23.6 Å². The van der Waals surface area contributed by atoms with Crippen LogP contribution in [-0.4, -0.2) is 85.1 Å². The molecule has 0 aromatic rings. The van der Waals surface area contributed by atoms with Crippen LogP contribution >= 0.6 is 0 Å². The molecular weight excluding hydrogens is 428 g/mol. The third-order valence-electron chi connectivity index (χ3n) is 5.80. The van der Waals surface area contributed by atoms with Crippen molar-refractivity contribution in [3.63, 3.8) is 0 Å². The number of carbonyl (C=O) groups excluding carboxylic acids is 1. The highest BCUT2D eigenvalue weighted by atomic mass is 28.4. The van der Waals surface area contributed by atoms with Gasteiger partial charge in [-0.3, -0.25) is 0 Å². The van der Waals surface area contributed by atoms with Crippen LogP contribution in [0.25, 0.3) is 0 Å². The molecule has 0 aromatic carbocycles. The number of primary amides is 1. The molecule has 178 valence electrons. The number of hydrogen-bond donors (Lipinski definition) is 2. The molecule has 0 aromatic heterocycles. The van der Waals surface area contributed by atoms with E-state index >= 15 is 0 Å². The van der Waals surface area contributed by atoms with Gasteiger partial charge in [-0.1, -0.05) is 0 Å². The van der Waals surface area contributed by atoms with Gasteiger partial charge in [0.2, 0.25) is 0 Å². The quantitative estimate of drug-likeness (QED) is 0.238. The fraction of sp³-hybridized carbons (Fsp3) is 0.944. The molecule has 3 unspecified atom stereocenters. The molecule has 1 saturated heterocycles. The topological polar surface area (TPSA) is 123 Å². The molecule has 0 spiro atoms. The number of amides is 2. The standard InChI is InChI=1S/C11H22O4Si.C7H18N2O4Si/c1-12-16(13-2,14-3)7-6-9-4-5-10-11(8-9)15-10;1-11-14(12-2,13-3)6-4-5-9-7(8)10/h9-11H,4-8H2,1-3H3;4-6H2,1-3H3,(H3,8,9,10). The third-order valence-corrected chi connectivity index (χ3v) is 11.4. The lowest BCUT2D eigenvalue weighted by Gasteiger charge is -2.27. The van der Waals surface area contributed by atoms with Crippen molar-refractivity contribution < 1.29 is 36.1 Å². The summed E-state index contributed by atoms with van der Waals surface area (Å²) in [6, 6.07) is 1.04. The summed E-state index contributed by atoms with van der Waals surface area (Å²) in [6.45, 7) is 0.500. The van der Waals surface area contributed by atoms with Gasteiger partial charge in [0.15, 0.2) is 0 Å². The SMILES string of the molecule is CO[Si](CCC1CCC2OC2C1)(OC)OC.CO[Si](CCCNC(N)=O)(OC)OC. The molecule has 0 bridgehead atoms. The lowest BCUT2D eigenvalue weighted by Crippen LogP contribution is -2.43. The summed E-state index contributed by atoms with van der Waals surface area (Å²) in [5, 5.41) is 2.48. The van der Waals surface area contributed by atoms with E-state index in [4.69, 9.17) is 37.0 Å². The van der Waals surface area contributed by atoms with Crippen LogP contribution in [0, 0.1) is 5.92 Å². The number of nitrogens with two attached hydrogens (primary N) is 1. The van der Waals surface area contributed by atoms with Crippen LogP contribution in [0.5, 0.6) is 0 Å². The minimum Gasteiger partial charge on any atom is -0.377 e. The first kappa shape index (κ1) is 27.5. The second kappa shape index (κ2) is 13.8.